The third-order valence-electron chi connectivity index (χ3n) is 2.00. The Kier molecular flexibility index (Phi) is 3.59. The number of nitrogens with one attached hydrogen (secondary N) is 1. The van der Waals surface area contributed by atoms with Crippen molar-refractivity contribution in [2.75, 3.05) is 0 Å². The normalized spacial score (nSPS) is 9.94. The maximum Gasteiger partial charge on any atom is 0.110 e. The molecular formula is C11H10N4S. The summed E-state index contributed by atoms with van der Waals surface area (Å²) in [7, 11) is 0. The van der Waals surface area contributed by atoms with Gasteiger partial charge in [-0.2, -0.15) is 15.5 Å². The highest BCUT2D eigenvalue weighted by Crippen LogP contribution is 2.14. The van der Waals surface area contributed by atoms with Crippen LogP contribution in [0.5, 0.6) is 0 Å². The maximum atomic E-state index is 8.68. The predicted octanol–water partition coefficient (Wildman–Crippen LogP) is 1.70. The highest BCUT2D eigenvalue weighted by atomic mass is 32.1. The van der Waals surface area contributed by atoms with Gasteiger partial charge >= 0.3 is 0 Å². The molecule has 0 aliphatic rings. The Bertz CT molecular complexity index is 486. The van der Waals surface area contributed by atoms with Crippen LogP contribution in [-0.2, 0) is 13.1 Å². The van der Waals surface area contributed by atoms with Crippen LogP contribution in [0.15, 0.2) is 30.5 Å². The molecule has 0 spiro atoms. The van der Waals surface area contributed by atoms with E-state index in [1.54, 1.807) is 6.20 Å². The van der Waals surface area contributed by atoms with Crippen LogP contribution >= 0.6 is 11.3 Å². The van der Waals surface area contributed by atoms with Gasteiger partial charge in [-0.25, -0.2) is 0 Å². The number of rotatable bonds is 4. The molecule has 0 saturated heterocycles. The van der Waals surface area contributed by atoms with Crippen LogP contribution in [0, 0.1) is 11.3 Å². The summed E-state index contributed by atoms with van der Waals surface area (Å²) >= 11 is 1.51. The molecule has 1 N–H and O–H groups in total. The lowest BCUT2D eigenvalue weighted by Crippen LogP contribution is -2.12. The molecule has 0 amide bonds. The van der Waals surface area contributed by atoms with Crippen molar-refractivity contribution in [2.24, 2.45) is 0 Å². The fourth-order valence-corrected chi connectivity index (χ4v) is 2.05. The lowest BCUT2D eigenvalue weighted by atomic mass is 10.4. The molecule has 0 aliphatic heterocycles. The number of aromatic nitrogens is 2. The Labute approximate surface area is 97.6 Å². The summed E-state index contributed by atoms with van der Waals surface area (Å²) in [6, 6.07) is 9.72. The van der Waals surface area contributed by atoms with Crippen molar-refractivity contribution in [3.8, 4) is 6.07 Å². The van der Waals surface area contributed by atoms with Gasteiger partial charge in [-0.05, 0) is 24.3 Å². The SMILES string of the molecule is N#Cc1ccc(CNCc2cccnn2)s1. The first-order chi connectivity index (χ1) is 7.88. The third-order valence-corrected chi connectivity index (χ3v) is 2.99. The van der Waals surface area contributed by atoms with Crippen LogP contribution in [0.1, 0.15) is 15.4 Å². The van der Waals surface area contributed by atoms with Crippen LogP contribution in [-0.4, -0.2) is 10.2 Å². The van der Waals surface area contributed by atoms with E-state index in [1.807, 2.05) is 24.3 Å². The summed E-state index contributed by atoms with van der Waals surface area (Å²) in [6.45, 7) is 1.44. The average Bonchev–Trinajstić information content (AvgIpc) is 2.78. The topological polar surface area (TPSA) is 61.6 Å². The summed E-state index contributed by atoms with van der Waals surface area (Å²) in [5.74, 6) is 0. The number of nitriles is 1. The number of hydrogen-bond donors (Lipinski definition) is 1. The van der Waals surface area contributed by atoms with Gasteiger partial charge in [0, 0.05) is 24.2 Å². The highest BCUT2D eigenvalue weighted by molar-refractivity contribution is 7.12. The van der Waals surface area contributed by atoms with Crippen LogP contribution in [0.25, 0.3) is 0 Å². The molecule has 2 rings (SSSR count). The first kappa shape index (κ1) is 10.7. The first-order valence-electron chi connectivity index (χ1n) is 4.84. The molecule has 0 aliphatic carbocycles. The highest BCUT2D eigenvalue weighted by Gasteiger charge is 1.99. The van der Waals surface area contributed by atoms with Crippen molar-refractivity contribution in [1.82, 2.24) is 15.5 Å². The van der Waals surface area contributed by atoms with Crippen molar-refractivity contribution >= 4 is 11.3 Å². The second-order valence-electron chi connectivity index (χ2n) is 3.20. The standard InChI is InChI=1S/C11H10N4S/c12-6-10-3-4-11(16-10)8-13-7-9-2-1-5-14-15-9/h1-5,13H,7-8H2. The molecule has 0 bridgehead atoms. The maximum absolute atomic E-state index is 8.68. The van der Waals surface area contributed by atoms with E-state index in [1.165, 1.54) is 11.3 Å². The van der Waals surface area contributed by atoms with E-state index in [0.29, 0.717) is 6.54 Å². The largest absolute Gasteiger partial charge is 0.306 e. The molecule has 16 heavy (non-hydrogen) atoms. The Balaban J connectivity index is 1.83. The molecule has 2 aromatic heterocycles. The molecule has 0 atom stereocenters. The quantitative estimate of drug-likeness (QED) is 0.868. The van der Waals surface area contributed by atoms with Crippen LogP contribution in [0.2, 0.25) is 0 Å². The Hall–Kier alpha value is -1.77. The third kappa shape index (κ3) is 2.86. The summed E-state index contributed by atoms with van der Waals surface area (Å²) in [5, 5.41) is 19.7. The molecule has 4 nitrogen and oxygen atoms in total. The lowest BCUT2D eigenvalue weighted by molar-refractivity contribution is 0.676. The summed E-state index contributed by atoms with van der Waals surface area (Å²) < 4.78 is 0. The minimum Gasteiger partial charge on any atom is -0.306 e. The zero-order valence-electron chi connectivity index (χ0n) is 8.55. The van der Waals surface area contributed by atoms with E-state index < -0.39 is 0 Å². The summed E-state index contributed by atoms with van der Waals surface area (Å²) in [6.07, 6.45) is 1.65. The summed E-state index contributed by atoms with van der Waals surface area (Å²) in [5.41, 5.74) is 0.916. The minimum atomic E-state index is 0.688. The zero-order chi connectivity index (χ0) is 11.2. The van der Waals surface area contributed by atoms with E-state index >= 15 is 0 Å². The van der Waals surface area contributed by atoms with Crippen molar-refractivity contribution in [3.05, 3.63) is 45.9 Å². The van der Waals surface area contributed by atoms with E-state index in [0.717, 1.165) is 22.0 Å². The van der Waals surface area contributed by atoms with Crippen molar-refractivity contribution in [2.45, 2.75) is 13.1 Å². The van der Waals surface area contributed by atoms with Crippen molar-refractivity contribution in [1.29, 1.82) is 5.26 Å². The molecule has 5 heteroatoms. The van der Waals surface area contributed by atoms with Gasteiger partial charge in [0.25, 0.3) is 0 Å². The van der Waals surface area contributed by atoms with Crippen LogP contribution in [0.4, 0.5) is 0 Å². The molecule has 0 fully saturated rings. The molecular weight excluding hydrogens is 220 g/mol. The van der Waals surface area contributed by atoms with Gasteiger partial charge in [-0.1, -0.05) is 0 Å². The summed E-state index contributed by atoms with van der Waals surface area (Å²) in [4.78, 5) is 1.90. The second kappa shape index (κ2) is 5.35. The van der Waals surface area contributed by atoms with Gasteiger partial charge in [0.2, 0.25) is 0 Å². The van der Waals surface area contributed by atoms with Gasteiger partial charge in [-0.3, -0.25) is 0 Å². The van der Waals surface area contributed by atoms with Gasteiger partial charge in [0.05, 0.1) is 5.69 Å². The number of thiophene rings is 1. The minimum absolute atomic E-state index is 0.688. The fourth-order valence-electron chi connectivity index (χ4n) is 1.27. The van der Waals surface area contributed by atoms with E-state index in [9.17, 15) is 0 Å². The van der Waals surface area contributed by atoms with Crippen LogP contribution in [0.3, 0.4) is 0 Å². The van der Waals surface area contributed by atoms with Gasteiger partial charge in [0.15, 0.2) is 0 Å². The van der Waals surface area contributed by atoms with E-state index in [4.69, 9.17) is 5.26 Å². The monoisotopic (exact) mass is 230 g/mol. The Morgan fingerprint density at radius 3 is 2.94 bits per heavy atom. The Morgan fingerprint density at radius 2 is 2.25 bits per heavy atom. The van der Waals surface area contributed by atoms with Gasteiger partial charge in [0.1, 0.15) is 10.9 Å². The fraction of sp³-hybridized carbons (Fsp3) is 0.182. The first-order valence-corrected chi connectivity index (χ1v) is 5.66. The Morgan fingerprint density at radius 1 is 1.31 bits per heavy atom. The number of nitrogens with zero attached hydrogens (tertiary/aromatic N) is 3. The van der Waals surface area contributed by atoms with E-state index in [2.05, 4.69) is 21.6 Å². The molecule has 0 aromatic carbocycles. The molecule has 2 aromatic rings. The molecule has 0 radical (unpaired) electrons. The smallest absolute Gasteiger partial charge is 0.110 e. The van der Waals surface area contributed by atoms with Crippen molar-refractivity contribution in [3.63, 3.8) is 0 Å². The lowest BCUT2D eigenvalue weighted by Gasteiger charge is -2.00. The number of hydrogen-bond acceptors (Lipinski definition) is 5. The zero-order valence-corrected chi connectivity index (χ0v) is 9.37. The molecule has 80 valence electrons. The predicted molar refractivity (Wildman–Crippen MR) is 61.6 cm³/mol. The van der Waals surface area contributed by atoms with Gasteiger partial charge < -0.3 is 5.32 Å². The molecule has 2 heterocycles. The van der Waals surface area contributed by atoms with Crippen molar-refractivity contribution < 1.29 is 0 Å². The van der Waals surface area contributed by atoms with E-state index in [-0.39, 0.29) is 0 Å². The van der Waals surface area contributed by atoms with Crippen LogP contribution < -0.4 is 5.32 Å². The van der Waals surface area contributed by atoms with Gasteiger partial charge in [-0.15, -0.1) is 11.3 Å². The molecule has 0 saturated carbocycles. The average molecular weight is 230 g/mol. The second-order valence-corrected chi connectivity index (χ2v) is 4.36. The molecule has 0 unspecified atom stereocenters.